The maximum absolute atomic E-state index is 12.3. The maximum Gasteiger partial charge on any atom is 0.232 e. The second-order valence-electron chi connectivity index (χ2n) is 6.45. The van der Waals surface area contributed by atoms with Gasteiger partial charge in [-0.1, -0.05) is 29.8 Å². The van der Waals surface area contributed by atoms with Crippen molar-refractivity contribution in [1.82, 2.24) is 5.32 Å². The van der Waals surface area contributed by atoms with Crippen molar-refractivity contribution in [2.24, 2.45) is 0 Å². The summed E-state index contributed by atoms with van der Waals surface area (Å²) in [6.07, 6.45) is 1.74. The van der Waals surface area contributed by atoms with Crippen molar-refractivity contribution in [2.45, 2.75) is 25.8 Å². The standard InChI is InChI=1S/C20H25ClN2O4S/c1-15(18-7-4-5-8-19(18)27-2)22-20(24)9-6-14-23(28(3,25)26)17-12-10-16(21)11-13-17/h4-5,7-8,10-13,15H,6,9,14H2,1-3H3,(H,22,24)/t15-/m1/s1. The minimum absolute atomic E-state index is 0.150. The van der Waals surface area contributed by atoms with Crippen LogP contribution < -0.4 is 14.4 Å². The number of anilines is 1. The molecule has 1 amide bonds. The molecule has 0 spiro atoms. The largest absolute Gasteiger partial charge is 0.496 e. The topological polar surface area (TPSA) is 75.7 Å². The van der Waals surface area contributed by atoms with Crippen molar-refractivity contribution < 1.29 is 17.9 Å². The fourth-order valence-electron chi connectivity index (χ4n) is 2.89. The Morgan fingerprint density at radius 2 is 1.82 bits per heavy atom. The first-order chi connectivity index (χ1) is 13.2. The van der Waals surface area contributed by atoms with Crippen molar-refractivity contribution in [3.05, 3.63) is 59.1 Å². The van der Waals surface area contributed by atoms with Gasteiger partial charge in [-0.25, -0.2) is 8.42 Å². The van der Waals surface area contributed by atoms with Crippen LogP contribution in [0.25, 0.3) is 0 Å². The highest BCUT2D eigenvalue weighted by atomic mass is 35.5. The van der Waals surface area contributed by atoms with Gasteiger partial charge in [0.15, 0.2) is 0 Å². The van der Waals surface area contributed by atoms with Gasteiger partial charge in [-0.15, -0.1) is 0 Å². The molecule has 0 saturated carbocycles. The van der Waals surface area contributed by atoms with Crippen LogP contribution in [0.2, 0.25) is 5.02 Å². The normalized spacial score (nSPS) is 12.3. The Morgan fingerprint density at radius 3 is 2.43 bits per heavy atom. The van der Waals surface area contributed by atoms with Crippen LogP contribution in [0.5, 0.6) is 5.75 Å². The molecule has 0 aliphatic carbocycles. The van der Waals surface area contributed by atoms with Crippen LogP contribution in [0.1, 0.15) is 31.4 Å². The molecule has 2 aromatic rings. The molecule has 2 rings (SSSR count). The lowest BCUT2D eigenvalue weighted by molar-refractivity contribution is -0.121. The number of hydrogen-bond acceptors (Lipinski definition) is 4. The number of halogens is 1. The SMILES string of the molecule is COc1ccccc1[C@@H](C)NC(=O)CCCN(c1ccc(Cl)cc1)S(C)(=O)=O. The van der Waals surface area contributed by atoms with Crippen molar-refractivity contribution in [3.63, 3.8) is 0 Å². The van der Waals surface area contributed by atoms with E-state index in [2.05, 4.69) is 5.32 Å². The molecule has 0 aromatic heterocycles. The van der Waals surface area contributed by atoms with Gasteiger partial charge in [-0.05, 0) is 43.7 Å². The van der Waals surface area contributed by atoms with E-state index in [1.54, 1.807) is 31.4 Å². The van der Waals surface area contributed by atoms with Crippen molar-refractivity contribution in [1.29, 1.82) is 0 Å². The predicted octanol–water partition coefficient (Wildman–Crippen LogP) is 3.77. The van der Waals surface area contributed by atoms with E-state index in [0.717, 1.165) is 11.8 Å². The molecule has 0 aliphatic heterocycles. The summed E-state index contributed by atoms with van der Waals surface area (Å²) >= 11 is 5.87. The van der Waals surface area contributed by atoms with Gasteiger partial charge in [-0.3, -0.25) is 9.10 Å². The number of rotatable bonds is 9. The number of carbonyl (C=O) groups is 1. The molecule has 0 aliphatic rings. The Kier molecular flexibility index (Phi) is 7.71. The zero-order valence-corrected chi connectivity index (χ0v) is 17.8. The number of para-hydroxylation sites is 1. The summed E-state index contributed by atoms with van der Waals surface area (Å²) in [5, 5.41) is 3.46. The maximum atomic E-state index is 12.3. The Balaban J connectivity index is 1.94. The van der Waals surface area contributed by atoms with Crippen molar-refractivity contribution in [3.8, 4) is 5.75 Å². The number of ether oxygens (including phenoxy) is 1. The van der Waals surface area contributed by atoms with E-state index in [4.69, 9.17) is 16.3 Å². The summed E-state index contributed by atoms with van der Waals surface area (Å²) in [7, 11) is -1.87. The molecule has 152 valence electrons. The van der Waals surface area contributed by atoms with E-state index in [-0.39, 0.29) is 24.9 Å². The number of amides is 1. The van der Waals surface area contributed by atoms with E-state index in [9.17, 15) is 13.2 Å². The summed E-state index contributed by atoms with van der Waals surface area (Å²) < 4.78 is 30.8. The van der Waals surface area contributed by atoms with Gasteiger partial charge in [0.25, 0.3) is 0 Å². The molecule has 6 nitrogen and oxygen atoms in total. The monoisotopic (exact) mass is 424 g/mol. The predicted molar refractivity (Wildman–Crippen MR) is 112 cm³/mol. The molecule has 8 heteroatoms. The minimum Gasteiger partial charge on any atom is -0.496 e. The molecule has 28 heavy (non-hydrogen) atoms. The van der Waals surface area contributed by atoms with Gasteiger partial charge in [-0.2, -0.15) is 0 Å². The first-order valence-corrected chi connectivity index (χ1v) is 11.1. The zero-order valence-electron chi connectivity index (χ0n) is 16.2. The second-order valence-corrected chi connectivity index (χ2v) is 8.79. The number of benzene rings is 2. The molecule has 0 radical (unpaired) electrons. The highest BCUT2D eigenvalue weighted by Gasteiger charge is 2.18. The first-order valence-electron chi connectivity index (χ1n) is 8.88. The molecule has 0 heterocycles. The fourth-order valence-corrected chi connectivity index (χ4v) is 3.98. The summed E-state index contributed by atoms with van der Waals surface area (Å²) in [6, 6.07) is 13.8. The van der Waals surface area contributed by atoms with Gasteiger partial charge in [0.1, 0.15) is 5.75 Å². The third-order valence-corrected chi connectivity index (χ3v) is 5.71. The van der Waals surface area contributed by atoms with E-state index in [1.807, 2.05) is 31.2 Å². The van der Waals surface area contributed by atoms with Gasteiger partial charge in [0, 0.05) is 23.6 Å². The van der Waals surface area contributed by atoms with E-state index < -0.39 is 10.0 Å². The molecule has 2 aromatic carbocycles. The van der Waals surface area contributed by atoms with Crippen LogP contribution in [0, 0.1) is 0 Å². The lowest BCUT2D eigenvalue weighted by atomic mass is 10.1. The summed E-state index contributed by atoms with van der Waals surface area (Å²) in [4.78, 5) is 12.3. The van der Waals surface area contributed by atoms with Crippen LogP contribution in [0.3, 0.4) is 0 Å². The highest BCUT2D eigenvalue weighted by molar-refractivity contribution is 7.92. The Bertz CT molecular complexity index is 901. The summed E-state index contributed by atoms with van der Waals surface area (Å²) in [6.45, 7) is 2.09. The summed E-state index contributed by atoms with van der Waals surface area (Å²) in [5.41, 5.74) is 1.41. The fraction of sp³-hybridized carbons (Fsp3) is 0.350. The third-order valence-electron chi connectivity index (χ3n) is 4.26. The van der Waals surface area contributed by atoms with Crippen LogP contribution >= 0.6 is 11.6 Å². The summed E-state index contributed by atoms with van der Waals surface area (Å²) in [5.74, 6) is 0.559. The van der Waals surface area contributed by atoms with Crippen molar-refractivity contribution >= 4 is 33.2 Å². The second kappa shape index (κ2) is 9.80. The Hall–Kier alpha value is -2.25. The van der Waals surface area contributed by atoms with E-state index >= 15 is 0 Å². The first kappa shape index (κ1) is 22.0. The highest BCUT2D eigenvalue weighted by Crippen LogP contribution is 2.24. The number of sulfonamides is 1. The average molecular weight is 425 g/mol. The number of methoxy groups -OCH3 is 1. The zero-order chi connectivity index (χ0) is 20.7. The Morgan fingerprint density at radius 1 is 1.18 bits per heavy atom. The third kappa shape index (κ3) is 6.14. The Labute approximate surface area is 171 Å². The van der Waals surface area contributed by atoms with Crippen LogP contribution in [0.4, 0.5) is 5.69 Å². The minimum atomic E-state index is -3.46. The molecule has 0 unspecified atom stereocenters. The van der Waals surface area contributed by atoms with Crippen LogP contribution in [-0.4, -0.2) is 34.2 Å². The smallest absolute Gasteiger partial charge is 0.232 e. The average Bonchev–Trinajstić information content (AvgIpc) is 2.65. The molecule has 1 atom stereocenters. The van der Waals surface area contributed by atoms with Gasteiger partial charge in [0.05, 0.1) is 25.1 Å². The van der Waals surface area contributed by atoms with E-state index in [1.165, 1.54) is 4.31 Å². The van der Waals surface area contributed by atoms with Gasteiger partial charge in [0.2, 0.25) is 15.9 Å². The van der Waals surface area contributed by atoms with Gasteiger partial charge >= 0.3 is 0 Å². The van der Waals surface area contributed by atoms with Crippen LogP contribution in [0.15, 0.2) is 48.5 Å². The molecule has 0 bridgehead atoms. The number of nitrogens with zero attached hydrogens (tertiary/aromatic N) is 1. The van der Waals surface area contributed by atoms with Crippen molar-refractivity contribution in [2.75, 3.05) is 24.2 Å². The molecule has 0 fully saturated rings. The lowest BCUT2D eigenvalue weighted by Gasteiger charge is -2.22. The van der Waals surface area contributed by atoms with E-state index in [0.29, 0.717) is 22.9 Å². The van der Waals surface area contributed by atoms with Gasteiger partial charge < -0.3 is 10.1 Å². The molecular weight excluding hydrogens is 400 g/mol. The lowest BCUT2D eigenvalue weighted by Crippen LogP contribution is -2.32. The number of nitrogens with one attached hydrogen (secondary N) is 1. The molecule has 0 saturated heterocycles. The van der Waals surface area contributed by atoms with Crippen LogP contribution in [-0.2, 0) is 14.8 Å². The molecule has 1 N–H and O–H groups in total. The number of carbonyl (C=O) groups excluding carboxylic acids is 1. The molecular formula is C20H25ClN2O4S. The quantitative estimate of drug-likeness (QED) is 0.664. The number of hydrogen-bond donors (Lipinski definition) is 1.